The van der Waals surface area contributed by atoms with Gasteiger partial charge in [0.25, 0.3) is 0 Å². The monoisotopic (exact) mass is 452 g/mol. The third-order valence-electron chi connectivity index (χ3n) is 7.05. The van der Waals surface area contributed by atoms with E-state index in [0.717, 1.165) is 31.7 Å². The molecule has 2 aromatic carbocycles. The van der Waals surface area contributed by atoms with E-state index >= 15 is 4.39 Å². The molecule has 0 N–H and O–H groups in total. The summed E-state index contributed by atoms with van der Waals surface area (Å²) in [6.07, 6.45) is 6.56. The maximum Gasteiger partial charge on any atom is 0.173 e. The molecule has 8 heteroatoms. The molecule has 0 radical (unpaired) electrons. The molecule has 1 atom stereocenters. The smallest absolute Gasteiger partial charge is 0.173 e. The minimum atomic E-state index is -0.379. The molecule has 6 nitrogen and oxygen atoms in total. The van der Waals surface area contributed by atoms with E-state index < -0.39 is 0 Å². The van der Waals surface area contributed by atoms with Gasteiger partial charge in [0.2, 0.25) is 0 Å². The number of nitrogens with zero attached hydrogens (tertiary/aromatic N) is 6. The summed E-state index contributed by atoms with van der Waals surface area (Å²) in [5, 5.41) is 12.5. The summed E-state index contributed by atoms with van der Waals surface area (Å²) in [4.78, 5) is 4.90. The number of benzene rings is 2. The van der Waals surface area contributed by atoms with Crippen molar-refractivity contribution in [2.24, 2.45) is 0 Å². The highest BCUT2D eigenvalue weighted by Crippen LogP contribution is 2.31. The van der Waals surface area contributed by atoms with Crippen LogP contribution in [-0.4, -0.2) is 62.2 Å². The van der Waals surface area contributed by atoms with Gasteiger partial charge in [-0.2, -0.15) is 0 Å². The van der Waals surface area contributed by atoms with E-state index in [4.69, 9.17) is 0 Å². The van der Waals surface area contributed by atoms with Gasteiger partial charge in [0, 0.05) is 37.8 Å². The second-order valence-corrected chi connectivity index (χ2v) is 9.11. The fourth-order valence-corrected chi connectivity index (χ4v) is 5.29. The van der Waals surface area contributed by atoms with Crippen molar-refractivity contribution in [2.75, 3.05) is 26.2 Å². The third kappa shape index (κ3) is 4.96. The zero-order valence-electron chi connectivity index (χ0n) is 18.8. The highest BCUT2D eigenvalue weighted by atomic mass is 19.1. The first-order chi connectivity index (χ1) is 16.2. The Labute approximate surface area is 193 Å². The fourth-order valence-electron chi connectivity index (χ4n) is 5.29. The van der Waals surface area contributed by atoms with Crippen LogP contribution >= 0.6 is 0 Å². The van der Waals surface area contributed by atoms with Crippen LogP contribution in [0.2, 0.25) is 0 Å². The summed E-state index contributed by atoms with van der Waals surface area (Å²) in [5.41, 5.74) is 1.47. The van der Waals surface area contributed by atoms with Crippen LogP contribution in [0.1, 0.15) is 55.1 Å². The van der Waals surface area contributed by atoms with E-state index in [1.807, 2.05) is 12.1 Å². The number of halogens is 2. The molecule has 1 aromatic heterocycles. The second-order valence-electron chi connectivity index (χ2n) is 9.11. The van der Waals surface area contributed by atoms with Crippen molar-refractivity contribution < 1.29 is 8.78 Å². The molecule has 5 rings (SSSR count). The van der Waals surface area contributed by atoms with Gasteiger partial charge >= 0.3 is 0 Å². The largest absolute Gasteiger partial charge is 0.298 e. The normalized spacial score (nSPS) is 19.6. The predicted octanol–water partition coefficient (Wildman–Crippen LogP) is 4.04. The first kappa shape index (κ1) is 22.1. The van der Waals surface area contributed by atoms with Crippen LogP contribution < -0.4 is 0 Å². The maximum atomic E-state index is 15.0. The lowest BCUT2D eigenvalue weighted by atomic mass is 9.93. The quantitative estimate of drug-likeness (QED) is 0.565. The van der Waals surface area contributed by atoms with Crippen molar-refractivity contribution in [1.29, 1.82) is 0 Å². The minimum absolute atomic E-state index is 0.256. The highest BCUT2D eigenvalue weighted by molar-refractivity contribution is 5.27. The van der Waals surface area contributed by atoms with E-state index in [1.54, 1.807) is 22.9 Å². The molecule has 2 heterocycles. The summed E-state index contributed by atoms with van der Waals surface area (Å²) < 4.78 is 30.1. The van der Waals surface area contributed by atoms with Crippen molar-refractivity contribution in [3.05, 3.63) is 77.1 Å². The van der Waals surface area contributed by atoms with Gasteiger partial charge in [-0.25, -0.2) is 13.5 Å². The van der Waals surface area contributed by atoms with Crippen LogP contribution in [0.5, 0.6) is 0 Å². The van der Waals surface area contributed by atoms with Crippen LogP contribution in [0.25, 0.3) is 0 Å². The van der Waals surface area contributed by atoms with Gasteiger partial charge in [-0.3, -0.25) is 9.80 Å². The Balaban J connectivity index is 1.40. The molecule has 1 aliphatic heterocycles. The summed E-state index contributed by atoms with van der Waals surface area (Å²) in [7, 11) is 0. The second kappa shape index (κ2) is 10.1. The average Bonchev–Trinajstić information content (AvgIpc) is 3.30. The molecule has 1 saturated heterocycles. The number of hydrogen-bond donors (Lipinski definition) is 0. The first-order valence-corrected chi connectivity index (χ1v) is 11.9. The lowest BCUT2D eigenvalue weighted by molar-refractivity contribution is 0.0613. The zero-order valence-corrected chi connectivity index (χ0v) is 18.8. The number of piperazine rings is 1. The Morgan fingerprint density at radius 1 is 0.879 bits per heavy atom. The van der Waals surface area contributed by atoms with Crippen LogP contribution in [0, 0.1) is 11.6 Å². The van der Waals surface area contributed by atoms with Crippen LogP contribution in [0.4, 0.5) is 8.78 Å². The van der Waals surface area contributed by atoms with Crippen LogP contribution in [0.15, 0.2) is 48.5 Å². The Bertz CT molecular complexity index is 1040. The van der Waals surface area contributed by atoms with Gasteiger partial charge in [-0.05, 0) is 47.0 Å². The molecule has 174 valence electrons. The molecule has 0 bridgehead atoms. The van der Waals surface area contributed by atoms with Gasteiger partial charge in [0.05, 0.1) is 6.54 Å². The van der Waals surface area contributed by atoms with Crippen molar-refractivity contribution >= 4 is 0 Å². The molecule has 1 saturated carbocycles. The molecule has 0 unspecified atom stereocenters. The first-order valence-electron chi connectivity index (χ1n) is 11.9. The number of hydrogen-bond acceptors (Lipinski definition) is 5. The van der Waals surface area contributed by atoms with Gasteiger partial charge in [-0.1, -0.05) is 49.6 Å². The fraction of sp³-hybridized carbons (Fsp3) is 0.480. The predicted molar refractivity (Wildman–Crippen MR) is 122 cm³/mol. The Kier molecular flexibility index (Phi) is 6.73. The third-order valence-corrected chi connectivity index (χ3v) is 7.05. The van der Waals surface area contributed by atoms with Crippen molar-refractivity contribution in [1.82, 2.24) is 30.0 Å². The minimum Gasteiger partial charge on any atom is -0.298 e. The lowest BCUT2D eigenvalue weighted by Gasteiger charge is -2.43. The number of tetrazole rings is 1. The Hall–Kier alpha value is -2.71. The van der Waals surface area contributed by atoms with Crippen LogP contribution in [0.3, 0.4) is 0 Å². The molecule has 1 aliphatic carbocycles. The maximum absolute atomic E-state index is 15.0. The highest BCUT2D eigenvalue weighted by Gasteiger charge is 2.34. The lowest BCUT2D eigenvalue weighted by Crippen LogP contribution is -2.52. The summed E-state index contributed by atoms with van der Waals surface area (Å²) in [6, 6.07) is 13.5. The van der Waals surface area contributed by atoms with Crippen molar-refractivity contribution in [3.8, 4) is 0 Å². The number of aromatic nitrogens is 4. The molecule has 2 fully saturated rings. The van der Waals surface area contributed by atoms with E-state index in [9.17, 15) is 4.39 Å². The summed E-state index contributed by atoms with van der Waals surface area (Å²) in [6.45, 7) is 4.00. The molecule has 2 aliphatic rings. The Morgan fingerprint density at radius 2 is 1.61 bits per heavy atom. The van der Waals surface area contributed by atoms with E-state index in [0.29, 0.717) is 24.0 Å². The Morgan fingerprint density at radius 3 is 2.33 bits per heavy atom. The molecule has 33 heavy (non-hydrogen) atoms. The topological polar surface area (TPSA) is 50.1 Å². The van der Waals surface area contributed by atoms with E-state index in [2.05, 4.69) is 25.3 Å². The number of rotatable bonds is 6. The molecule has 0 amide bonds. The molecular formula is C25H30F2N6. The standard InChI is InChI=1S/C25H30F2N6/c26-20-12-10-19(11-13-20)18-33-25(28-29-30-33)24(22-8-4-5-9-23(22)27)32-16-14-31(15-17-32)21-6-2-1-3-7-21/h4-5,8-13,21,24H,1-3,6-7,14-18H2/t24-/m1/s1. The van der Waals surface area contributed by atoms with Gasteiger partial charge in [0.15, 0.2) is 5.82 Å². The van der Waals surface area contributed by atoms with Crippen molar-refractivity contribution in [3.63, 3.8) is 0 Å². The van der Waals surface area contributed by atoms with Gasteiger partial charge in [0.1, 0.15) is 17.7 Å². The van der Waals surface area contributed by atoms with E-state index in [-0.39, 0.29) is 17.7 Å². The SMILES string of the molecule is Fc1ccc(Cn2nnnc2[C@@H](c2ccccc2F)N2CCN(C3CCCCC3)CC2)cc1. The summed E-state index contributed by atoms with van der Waals surface area (Å²) >= 11 is 0. The molecule has 3 aromatic rings. The zero-order chi connectivity index (χ0) is 22.6. The van der Waals surface area contributed by atoms with Crippen LogP contribution in [-0.2, 0) is 6.54 Å². The van der Waals surface area contributed by atoms with Gasteiger partial charge in [-0.15, -0.1) is 5.10 Å². The van der Waals surface area contributed by atoms with E-state index in [1.165, 1.54) is 50.3 Å². The molecular weight excluding hydrogens is 422 g/mol. The average molecular weight is 453 g/mol. The van der Waals surface area contributed by atoms with Crippen molar-refractivity contribution in [2.45, 2.75) is 50.7 Å². The van der Waals surface area contributed by atoms with Gasteiger partial charge < -0.3 is 0 Å². The summed E-state index contributed by atoms with van der Waals surface area (Å²) in [5.74, 6) is 0.0693. The molecule has 0 spiro atoms.